The Balaban J connectivity index is 1.62. The number of morpholine rings is 1. The Bertz CT molecular complexity index is 501. The molecule has 118 valence electrons. The fourth-order valence-electron chi connectivity index (χ4n) is 2.07. The lowest BCUT2D eigenvalue weighted by molar-refractivity contribution is 0.0125. The summed E-state index contributed by atoms with van der Waals surface area (Å²) in [5.74, 6) is 0.0224. The fraction of sp³-hybridized carbons (Fsp3) is 0.571. The van der Waals surface area contributed by atoms with Gasteiger partial charge in [-0.1, -0.05) is 35.2 Å². The van der Waals surface area contributed by atoms with Crippen LogP contribution in [0.25, 0.3) is 0 Å². The number of hydrogen-bond donors (Lipinski definition) is 1. The van der Waals surface area contributed by atoms with Crippen molar-refractivity contribution in [1.29, 1.82) is 0 Å². The number of ether oxygens (including phenoxy) is 1. The lowest BCUT2D eigenvalue weighted by Gasteiger charge is -2.26. The molecule has 0 radical (unpaired) electrons. The van der Waals surface area contributed by atoms with Gasteiger partial charge in [-0.05, 0) is 12.0 Å². The van der Waals surface area contributed by atoms with Crippen molar-refractivity contribution < 1.29 is 18.0 Å². The molecule has 0 bridgehead atoms. The van der Waals surface area contributed by atoms with Crippen molar-refractivity contribution in [3.05, 3.63) is 35.9 Å². The van der Waals surface area contributed by atoms with Gasteiger partial charge in [0.05, 0.1) is 25.6 Å². The topological polar surface area (TPSA) is 67.9 Å². The summed E-state index contributed by atoms with van der Waals surface area (Å²) in [5, 5.41) is 0. The maximum absolute atomic E-state index is 11.8. The standard InChI is InChI=1S/C14H22N2O4S/c17-21(18,13-6-14-4-2-1-3-5-14)15-20-12-9-16-7-10-19-11-8-16/h1-5,15H,6-13H2. The second-order valence-corrected chi connectivity index (χ2v) is 6.74. The molecular formula is C14H22N2O4S. The Kier molecular flexibility index (Phi) is 6.59. The van der Waals surface area contributed by atoms with Crippen LogP contribution in [0.2, 0.25) is 0 Å². The second-order valence-electron chi connectivity index (χ2n) is 4.94. The molecule has 1 N–H and O–H groups in total. The number of benzene rings is 1. The summed E-state index contributed by atoms with van der Waals surface area (Å²) >= 11 is 0. The molecule has 1 heterocycles. The van der Waals surface area contributed by atoms with Gasteiger partial charge in [0.1, 0.15) is 0 Å². The lowest BCUT2D eigenvalue weighted by Crippen LogP contribution is -2.39. The third-order valence-corrected chi connectivity index (χ3v) is 4.41. The van der Waals surface area contributed by atoms with Crippen LogP contribution in [0.1, 0.15) is 5.56 Å². The number of aryl methyl sites for hydroxylation is 1. The van der Waals surface area contributed by atoms with Gasteiger partial charge in [-0.3, -0.25) is 9.74 Å². The van der Waals surface area contributed by atoms with Gasteiger partial charge >= 0.3 is 0 Å². The number of nitrogens with zero attached hydrogens (tertiary/aromatic N) is 1. The first-order chi connectivity index (χ1) is 10.2. The van der Waals surface area contributed by atoms with Crippen LogP contribution in [-0.2, 0) is 26.0 Å². The first kappa shape index (κ1) is 16.4. The van der Waals surface area contributed by atoms with Crippen molar-refractivity contribution in [2.24, 2.45) is 0 Å². The van der Waals surface area contributed by atoms with Crippen LogP contribution in [-0.4, -0.2) is 58.5 Å². The summed E-state index contributed by atoms with van der Waals surface area (Å²) in [5.41, 5.74) is 0.996. The second kappa shape index (κ2) is 8.45. The van der Waals surface area contributed by atoms with Gasteiger partial charge in [0.25, 0.3) is 0 Å². The predicted octanol–water partition coefficient (Wildman–Crippen LogP) is 0.412. The van der Waals surface area contributed by atoms with Gasteiger partial charge in [0.15, 0.2) is 0 Å². The third kappa shape index (κ3) is 6.54. The highest BCUT2D eigenvalue weighted by molar-refractivity contribution is 7.89. The average Bonchev–Trinajstić information content (AvgIpc) is 2.52. The SMILES string of the molecule is O=S(=O)(CCc1ccccc1)NOCCN1CCOCC1. The summed E-state index contributed by atoms with van der Waals surface area (Å²) in [6.45, 7) is 4.22. The maximum Gasteiger partial charge on any atom is 0.233 e. The van der Waals surface area contributed by atoms with E-state index in [1.807, 2.05) is 30.3 Å². The molecule has 0 amide bonds. The first-order valence-corrected chi connectivity index (χ1v) is 8.76. The van der Waals surface area contributed by atoms with E-state index in [1.165, 1.54) is 0 Å². The Labute approximate surface area is 126 Å². The van der Waals surface area contributed by atoms with Crippen molar-refractivity contribution in [1.82, 2.24) is 9.79 Å². The zero-order chi connectivity index (χ0) is 15.0. The van der Waals surface area contributed by atoms with E-state index in [2.05, 4.69) is 9.79 Å². The third-order valence-electron chi connectivity index (χ3n) is 3.30. The number of sulfonamides is 1. The van der Waals surface area contributed by atoms with E-state index in [9.17, 15) is 8.42 Å². The van der Waals surface area contributed by atoms with Gasteiger partial charge in [0, 0.05) is 19.6 Å². The molecular weight excluding hydrogens is 292 g/mol. The minimum Gasteiger partial charge on any atom is -0.379 e. The summed E-state index contributed by atoms with van der Waals surface area (Å²) in [4.78, 5) is 9.43. The van der Waals surface area contributed by atoms with Crippen molar-refractivity contribution in [2.45, 2.75) is 6.42 Å². The molecule has 0 saturated carbocycles. The summed E-state index contributed by atoms with van der Waals surface area (Å²) in [6.07, 6.45) is 0.475. The molecule has 0 spiro atoms. The molecule has 1 aliphatic rings. The highest BCUT2D eigenvalue weighted by atomic mass is 32.2. The molecule has 0 aliphatic carbocycles. The van der Waals surface area contributed by atoms with E-state index in [-0.39, 0.29) is 5.75 Å². The van der Waals surface area contributed by atoms with Gasteiger partial charge in [-0.25, -0.2) is 8.42 Å². The van der Waals surface area contributed by atoms with Crippen molar-refractivity contribution >= 4 is 10.0 Å². The Hall–Kier alpha value is -0.990. The molecule has 2 rings (SSSR count). The van der Waals surface area contributed by atoms with Gasteiger partial charge in [0.2, 0.25) is 10.0 Å². The van der Waals surface area contributed by atoms with E-state index in [0.717, 1.165) is 31.9 Å². The summed E-state index contributed by atoms with van der Waals surface area (Å²) < 4.78 is 28.8. The van der Waals surface area contributed by atoms with Crippen LogP contribution >= 0.6 is 0 Å². The Morgan fingerprint density at radius 3 is 2.62 bits per heavy atom. The quantitative estimate of drug-likeness (QED) is 0.556. The number of nitrogens with one attached hydrogen (secondary N) is 1. The highest BCUT2D eigenvalue weighted by Crippen LogP contribution is 2.01. The van der Waals surface area contributed by atoms with Crippen LogP contribution in [0, 0.1) is 0 Å². The Morgan fingerprint density at radius 2 is 1.90 bits per heavy atom. The van der Waals surface area contributed by atoms with Gasteiger partial charge in [-0.15, -0.1) is 0 Å². The predicted molar refractivity (Wildman–Crippen MR) is 80.3 cm³/mol. The van der Waals surface area contributed by atoms with Crippen molar-refractivity contribution in [3.63, 3.8) is 0 Å². The van der Waals surface area contributed by atoms with E-state index >= 15 is 0 Å². The monoisotopic (exact) mass is 314 g/mol. The van der Waals surface area contributed by atoms with Crippen LogP contribution in [0.4, 0.5) is 0 Å². The molecule has 7 heteroatoms. The molecule has 1 fully saturated rings. The molecule has 0 unspecified atom stereocenters. The normalized spacial score (nSPS) is 17.0. The first-order valence-electron chi connectivity index (χ1n) is 7.11. The fourth-order valence-corrected chi connectivity index (χ4v) is 2.92. The molecule has 1 aromatic rings. The van der Waals surface area contributed by atoms with Gasteiger partial charge < -0.3 is 4.74 Å². The van der Waals surface area contributed by atoms with E-state index in [0.29, 0.717) is 19.6 Å². The molecule has 0 atom stereocenters. The molecule has 21 heavy (non-hydrogen) atoms. The Morgan fingerprint density at radius 1 is 1.19 bits per heavy atom. The average molecular weight is 314 g/mol. The van der Waals surface area contributed by atoms with E-state index in [1.54, 1.807) is 0 Å². The molecule has 1 aromatic carbocycles. The highest BCUT2D eigenvalue weighted by Gasteiger charge is 2.12. The zero-order valence-electron chi connectivity index (χ0n) is 12.0. The number of hydrogen-bond acceptors (Lipinski definition) is 5. The van der Waals surface area contributed by atoms with Crippen LogP contribution in [0.5, 0.6) is 0 Å². The van der Waals surface area contributed by atoms with Crippen LogP contribution in [0.15, 0.2) is 30.3 Å². The van der Waals surface area contributed by atoms with E-state index in [4.69, 9.17) is 9.57 Å². The zero-order valence-corrected chi connectivity index (χ0v) is 12.8. The molecule has 6 nitrogen and oxygen atoms in total. The van der Waals surface area contributed by atoms with Crippen molar-refractivity contribution in [3.8, 4) is 0 Å². The van der Waals surface area contributed by atoms with Crippen LogP contribution in [0.3, 0.4) is 0 Å². The summed E-state index contributed by atoms with van der Waals surface area (Å²) in [6, 6.07) is 9.52. The molecule has 0 aromatic heterocycles. The van der Waals surface area contributed by atoms with Gasteiger partial charge in [-0.2, -0.15) is 0 Å². The molecule has 1 aliphatic heterocycles. The maximum atomic E-state index is 11.8. The minimum atomic E-state index is -3.40. The smallest absolute Gasteiger partial charge is 0.233 e. The van der Waals surface area contributed by atoms with E-state index < -0.39 is 10.0 Å². The summed E-state index contributed by atoms with van der Waals surface area (Å²) in [7, 11) is -3.40. The van der Waals surface area contributed by atoms with Crippen molar-refractivity contribution in [2.75, 3.05) is 45.2 Å². The number of rotatable bonds is 8. The lowest BCUT2D eigenvalue weighted by atomic mass is 10.2. The molecule has 1 saturated heterocycles. The largest absolute Gasteiger partial charge is 0.379 e. The van der Waals surface area contributed by atoms with Crippen LogP contribution < -0.4 is 4.89 Å². The minimum absolute atomic E-state index is 0.0224.